The van der Waals surface area contributed by atoms with Gasteiger partial charge in [-0.2, -0.15) is 5.10 Å². The number of nitrogens with one attached hydrogen (secondary N) is 1. The Bertz CT molecular complexity index is 663. The van der Waals surface area contributed by atoms with Crippen LogP contribution < -0.4 is 5.32 Å². The van der Waals surface area contributed by atoms with Gasteiger partial charge in [0.25, 0.3) is 0 Å². The Balaban J connectivity index is 1.73. The van der Waals surface area contributed by atoms with E-state index in [1.807, 2.05) is 43.1 Å². The number of ether oxygens (including phenoxy) is 1. The summed E-state index contributed by atoms with van der Waals surface area (Å²) in [5.41, 5.74) is 3.08. The maximum Gasteiger partial charge on any atom is 0.226 e. The third kappa shape index (κ3) is 2.80. The van der Waals surface area contributed by atoms with Gasteiger partial charge in [0, 0.05) is 29.8 Å². The number of carbonyl (C=O) groups is 1. The van der Waals surface area contributed by atoms with Crippen LogP contribution in [0.3, 0.4) is 0 Å². The number of rotatable bonds is 4. The molecule has 2 atom stereocenters. The number of nitrogens with zero attached hydrogens (tertiary/aromatic N) is 2. The summed E-state index contributed by atoms with van der Waals surface area (Å²) in [6.07, 6.45) is 0.575. The molecule has 0 spiro atoms. The van der Waals surface area contributed by atoms with Crippen molar-refractivity contribution >= 4 is 17.2 Å². The number of hydrogen-bond acceptors (Lipinski definition) is 4. The molecular weight excluding hydrogens is 298 g/mol. The topological polar surface area (TPSA) is 56.2 Å². The minimum atomic E-state index is -0.183. The Morgan fingerprint density at radius 2 is 2.36 bits per heavy atom. The van der Waals surface area contributed by atoms with Crippen LogP contribution in [0.1, 0.15) is 34.4 Å². The molecule has 1 aliphatic rings. The molecule has 3 heterocycles. The molecule has 1 fully saturated rings. The molecule has 0 aliphatic carbocycles. The van der Waals surface area contributed by atoms with Crippen LogP contribution in [0.4, 0.5) is 0 Å². The second-order valence-electron chi connectivity index (χ2n) is 5.69. The fourth-order valence-electron chi connectivity index (χ4n) is 3.06. The van der Waals surface area contributed by atoms with Gasteiger partial charge in [-0.1, -0.05) is 6.07 Å². The van der Waals surface area contributed by atoms with Crippen molar-refractivity contribution in [2.75, 3.05) is 6.61 Å². The van der Waals surface area contributed by atoms with Crippen LogP contribution in [0.25, 0.3) is 0 Å². The molecule has 118 valence electrons. The highest BCUT2D eigenvalue weighted by molar-refractivity contribution is 7.09. The van der Waals surface area contributed by atoms with Gasteiger partial charge in [-0.25, -0.2) is 0 Å². The largest absolute Gasteiger partial charge is 0.373 e. The zero-order valence-corrected chi connectivity index (χ0v) is 13.9. The predicted octanol–water partition coefficient (Wildman–Crippen LogP) is 2.49. The van der Waals surface area contributed by atoms with Crippen LogP contribution in [0, 0.1) is 19.8 Å². The van der Waals surface area contributed by atoms with Crippen LogP contribution in [0.2, 0.25) is 0 Å². The van der Waals surface area contributed by atoms with Gasteiger partial charge >= 0.3 is 0 Å². The molecule has 2 aromatic heterocycles. The van der Waals surface area contributed by atoms with Gasteiger partial charge in [0.2, 0.25) is 5.91 Å². The summed E-state index contributed by atoms with van der Waals surface area (Å²) in [7, 11) is 1.92. The van der Waals surface area contributed by atoms with Crippen molar-refractivity contribution in [1.82, 2.24) is 15.1 Å². The lowest BCUT2D eigenvalue weighted by Crippen LogP contribution is -2.32. The summed E-state index contributed by atoms with van der Waals surface area (Å²) in [6.45, 7) is 5.21. The van der Waals surface area contributed by atoms with E-state index < -0.39 is 0 Å². The molecule has 22 heavy (non-hydrogen) atoms. The molecule has 0 saturated carbocycles. The first-order valence-electron chi connectivity index (χ1n) is 7.49. The fraction of sp³-hybridized carbons (Fsp3) is 0.500. The Morgan fingerprint density at radius 3 is 3.00 bits per heavy atom. The molecule has 0 unspecified atom stereocenters. The van der Waals surface area contributed by atoms with Crippen LogP contribution in [-0.4, -0.2) is 22.3 Å². The quantitative estimate of drug-likeness (QED) is 0.942. The van der Waals surface area contributed by atoms with E-state index in [1.54, 1.807) is 11.3 Å². The molecule has 6 heteroatoms. The number of aromatic nitrogens is 2. The second-order valence-corrected chi connectivity index (χ2v) is 6.72. The molecule has 3 rings (SSSR count). The highest BCUT2D eigenvalue weighted by Crippen LogP contribution is 2.37. The summed E-state index contributed by atoms with van der Waals surface area (Å²) < 4.78 is 7.73. The Hall–Kier alpha value is -1.66. The van der Waals surface area contributed by atoms with E-state index in [1.165, 1.54) is 0 Å². The van der Waals surface area contributed by atoms with E-state index >= 15 is 0 Å². The molecule has 0 aromatic carbocycles. The zero-order chi connectivity index (χ0) is 15.7. The summed E-state index contributed by atoms with van der Waals surface area (Å²) in [6, 6.07) is 4.03. The van der Waals surface area contributed by atoms with Crippen molar-refractivity contribution in [2.24, 2.45) is 13.0 Å². The van der Waals surface area contributed by atoms with Crippen molar-refractivity contribution in [1.29, 1.82) is 0 Å². The van der Waals surface area contributed by atoms with Crippen LogP contribution in [0.15, 0.2) is 17.5 Å². The first-order valence-corrected chi connectivity index (χ1v) is 8.37. The monoisotopic (exact) mass is 319 g/mol. The van der Waals surface area contributed by atoms with Gasteiger partial charge in [-0.05, 0) is 31.7 Å². The van der Waals surface area contributed by atoms with E-state index in [0.717, 1.165) is 28.2 Å². The van der Waals surface area contributed by atoms with E-state index in [0.29, 0.717) is 13.2 Å². The minimum absolute atomic E-state index is 0.0681. The molecule has 0 bridgehead atoms. The molecule has 2 aromatic rings. The van der Waals surface area contributed by atoms with Crippen molar-refractivity contribution in [3.8, 4) is 0 Å². The third-order valence-corrected chi connectivity index (χ3v) is 5.17. The van der Waals surface area contributed by atoms with E-state index in [2.05, 4.69) is 10.4 Å². The van der Waals surface area contributed by atoms with Crippen molar-refractivity contribution < 1.29 is 9.53 Å². The first-order chi connectivity index (χ1) is 10.6. The maximum absolute atomic E-state index is 12.5. The smallest absolute Gasteiger partial charge is 0.226 e. The lowest BCUT2D eigenvalue weighted by Gasteiger charge is -2.18. The SMILES string of the molecule is Cc1nn(C)c(C)c1[C@H]1OCC[C@@H]1C(=O)NCc1cccs1. The van der Waals surface area contributed by atoms with Gasteiger partial charge in [0.15, 0.2) is 0 Å². The fourth-order valence-corrected chi connectivity index (χ4v) is 3.71. The average molecular weight is 319 g/mol. The van der Waals surface area contributed by atoms with Gasteiger partial charge in [-0.3, -0.25) is 9.48 Å². The van der Waals surface area contributed by atoms with Crippen molar-refractivity contribution in [3.63, 3.8) is 0 Å². The van der Waals surface area contributed by atoms with Gasteiger partial charge in [-0.15, -0.1) is 11.3 Å². The van der Waals surface area contributed by atoms with Crippen molar-refractivity contribution in [3.05, 3.63) is 39.3 Å². The minimum Gasteiger partial charge on any atom is -0.373 e. The molecule has 1 saturated heterocycles. The Labute approximate surface area is 134 Å². The summed E-state index contributed by atoms with van der Waals surface area (Å²) in [4.78, 5) is 13.7. The van der Waals surface area contributed by atoms with Crippen LogP contribution in [0.5, 0.6) is 0 Å². The molecule has 1 amide bonds. The maximum atomic E-state index is 12.5. The number of carbonyl (C=O) groups excluding carboxylic acids is 1. The van der Waals surface area contributed by atoms with E-state index in [4.69, 9.17) is 4.74 Å². The molecule has 1 aliphatic heterocycles. The van der Waals surface area contributed by atoms with Crippen LogP contribution in [-0.2, 0) is 23.1 Å². The number of hydrogen-bond donors (Lipinski definition) is 1. The highest BCUT2D eigenvalue weighted by Gasteiger charge is 2.37. The summed E-state index contributed by atoms with van der Waals surface area (Å²) >= 11 is 1.65. The molecule has 5 nitrogen and oxygen atoms in total. The van der Waals surface area contributed by atoms with E-state index in [-0.39, 0.29) is 17.9 Å². The lowest BCUT2D eigenvalue weighted by molar-refractivity contribution is -0.126. The summed E-state index contributed by atoms with van der Waals surface area (Å²) in [5, 5.41) is 9.50. The van der Waals surface area contributed by atoms with Crippen LogP contribution >= 0.6 is 11.3 Å². The number of amides is 1. The van der Waals surface area contributed by atoms with Gasteiger partial charge < -0.3 is 10.1 Å². The number of aryl methyl sites for hydroxylation is 2. The van der Waals surface area contributed by atoms with E-state index in [9.17, 15) is 4.79 Å². The third-order valence-electron chi connectivity index (χ3n) is 4.29. The second kappa shape index (κ2) is 6.22. The summed E-state index contributed by atoms with van der Waals surface area (Å²) in [5.74, 6) is -0.0693. The molecular formula is C16H21N3O2S. The van der Waals surface area contributed by atoms with Gasteiger partial charge in [0.05, 0.1) is 24.3 Å². The zero-order valence-electron chi connectivity index (χ0n) is 13.1. The first kappa shape index (κ1) is 15.2. The molecule has 1 N–H and O–H groups in total. The lowest BCUT2D eigenvalue weighted by atomic mass is 9.93. The predicted molar refractivity (Wildman–Crippen MR) is 85.6 cm³/mol. The van der Waals surface area contributed by atoms with Crippen molar-refractivity contribution in [2.45, 2.75) is 32.9 Å². The Kier molecular flexibility index (Phi) is 4.31. The average Bonchev–Trinajstić information content (AvgIpc) is 3.19. The van der Waals surface area contributed by atoms with Gasteiger partial charge in [0.1, 0.15) is 0 Å². The Morgan fingerprint density at radius 1 is 1.55 bits per heavy atom. The number of thiophene rings is 1. The molecule has 0 radical (unpaired) electrons. The highest BCUT2D eigenvalue weighted by atomic mass is 32.1. The standard InChI is InChI=1S/C16H21N3O2S/c1-10-14(11(2)19(3)18-10)15-13(6-7-21-15)16(20)17-9-12-5-4-8-22-12/h4-5,8,13,15H,6-7,9H2,1-3H3,(H,17,20)/t13-,15-/m0/s1. The normalized spacial score (nSPS) is 21.2.